The fraction of sp³-hybridized carbons (Fsp3) is 0.190. The van der Waals surface area contributed by atoms with Crippen molar-refractivity contribution in [3.8, 4) is 0 Å². The van der Waals surface area contributed by atoms with E-state index in [1.54, 1.807) is 29.2 Å². The third-order valence-corrected chi connectivity index (χ3v) is 4.50. The average Bonchev–Trinajstić information content (AvgIpc) is 2.98. The summed E-state index contributed by atoms with van der Waals surface area (Å²) in [6, 6.07) is 14.6. The van der Waals surface area contributed by atoms with Crippen LogP contribution in [0.4, 0.5) is 11.4 Å². The zero-order valence-electron chi connectivity index (χ0n) is 15.4. The molecule has 142 valence electrons. The van der Waals surface area contributed by atoms with Crippen molar-refractivity contribution in [1.29, 1.82) is 0 Å². The van der Waals surface area contributed by atoms with Crippen molar-refractivity contribution in [2.24, 2.45) is 0 Å². The summed E-state index contributed by atoms with van der Waals surface area (Å²) in [5.74, 6) is -2.79. The number of nitrogens with zero attached hydrogens (tertiary/aromatic N) is 1. The van der Waals surface area contributed by atoms with Gasteiger partial charge in [-0.3, -0.25) is 4.79 Å². The van der Waals surface area contributed by atoms with Gasteiger partial charge in [0.15, 0.2) is 5.57 Å². The van der Waals surface area contributed by atoms with E-state index >= 15 is 0 Å². The number of esters is 2. The van der Waals surface area contributed by atoms with Crippen LogP contribution >= 0.6 is 0 Å². The fourth-order valence-corrected chi connectivity index (χ4v) is 3.13. The molecule has 2 aliphatic heterocycles. The van der Waals surface area contributed by atoms with Gasteiger partial charge in [0.1, 0.15) is 0 Å². The van der Waals surface area contributed by atoms with E-state index in [2.05, 4.69) is 5.32 Å². The average molecular weight is 378 g/mol. The monoisotopic (exact) mass is 378 g/mol. The van der Waals surface area contributed by atoms with Crippen molar-refractivity contribution in [3.63, 3.8) is 0 Å². The number of hydrogen-bond donors (Lipinski definition) is 1. The number of anilines is 2. The number of nitrogens with one attached hydrogen (secondary N) is 1. The summed E-state index contributed by atoms with van der Waals surface area (Å²) in [6.45, 7) is 3.51. The first-order valence-corrected chi connectivity index (χ1v) is 8.77. The minimum Gasteiger partial charge on any atom is -0.419 e. The van der Waals surface area contributed by atoms with Crippen LogP contribution in [0.2, 0.25) is 0 Å². The number of cyclic esters (lactones) is 2. The lowest BCUT2D eigenvalue weighted by Crippen LogP contribution is -2.42. The summed E-state index contributed by atoms with van der Waals surface area (Å²) in [5.41, 5.74) is 2.90. The molecule has 1 saturated heterocycles. The molecular weight excluding hydrogens is 360 g/mol. The van der Waals surface area contributed by atoms with E-state index in [4.69, 9.17) is 9.47 Å². The van der Waals surface area contributed by atoms with Crippen LogP contribution in [0.3, 0.4) is 0 Å². The summed E-state index contributed by atoms with van der Waals surface area (Å²) in [5, 5.41) is 2.88. The summed E-state index contributed by atoms with van der Waals surface area (Å²) >= 11 is 0. The lowest BCUT2D eigenvalue weighted by atomic mass is 10.1. The molecule has 1 amide bonds. The van der Waals surface area contributed by atoms with E-state index in [9.17, 15) is 14.4 Å². The summed E-state index contributed by atoms with van der Waals surface area (Å²) < 4.78 is 10.1. The van der Waals surface area contributed by atoms with Gasteiger partial charge >= 0.3 is 11.9 Å². The molecule has 0 unspecified atom stereocenters. The highest BCUT2D eigenvalue weighted by atomic mass is 16.7. The van der Waals surface area contributed by atoms with E-state index < -0.39 is 17.7 Å². The molecule has 28 heavy (non-hydrogen) atoms. The van der Waals surface area contributed by atoms with E-state index in [0.29, 0.717) is 17.8 Å². The Balaban J connectivity index is 1.47. The van der Waals surface area contributed by atoms with Gasteiger partial charge < -0.3 is 19.7 Å². The molecule has 4 rings (SSSR count). The second-order valence-electron chi connectivity index (χ2n) is 6.98. The number of fused-ring (bicyclic) bond motifs is 1. The highest BCUT2D eigenvalue weighted by molar-refractivity contribution is 6.15. The number of benzene rings is 2. The fourth-order valence-electron chi connectivity index (χ4n) is 3.13. The summed E-state index contributed by atoms with van der Waals surface area (Å²) in [7, 11) is 0. The van der Waals surface area contributed by atoms with Crippen molar-refractivity contribution in [2.75, 3.05) is 10.2 Å². The Morgan fingerprint density at radius 1 is 0.964 bits per heavy atom. The van der Waals surface area contributed by atoms with Crippen LogP contribution in [0.5, 0.6) is 0 Å². The van der Waals surface area contributed by atoms with Crippen LogP contribution in [0.1, 0.15) is 29.8 Å². The molecule has 0 atom stereocenters. The van der Waals surface area contributed by atoms with Gasteiger partial charge in [-0.05, 0) is 35.9 Å². The minimum atomic E-state index is -1.27. The first-order chi connectivity index (χ1) is 13.3. The van der Waals surface area contributed by atoms with Crippen LogP contribution in [0, 0.1) is 0 Å². The third-order valence-electron chi connectivity index (χ3n) is 4.50. The first-order valence-electron chi connectivity index (χ1n) is 8.77. The van der Waals surface area contributed by atoms with Crippen LogP contribution in [-0.2, 0) is 25.6 Å². The molecule has 0 aliphatic carbocycles. The maximum atomic E-state index is 12.5. The topological polar surface area (TPSA) is 84.9 Å². The van der Waals surface area contributed by atoms with Crippen molar-refractivity contribution in [2.45, 2.75) is 26.2 Å². The Labute approximate surface area is 161 Å². The molecule has 2 aromatic rings. The Bertz CT molecular complexity index is 986. The van der Waals surface area contributed by atoms with Gasteiger partial charge in [0.05, 0.1) is 6.54 Å². The lowest BCUT2D eigenvalue weighted by Gasteiger charge is -2.29. The van der Waals surface area contributed by atoms with Gasteiger partial charge in [-0.2, -0.15) is 0 Å². The van der Waals surface area contributed by atoms with E-state index in [1.807, 2.05) is 24.3 Å². The van der Waals surface area contributed by atoms with Crippen LogP contribution < -0.4 is 10.2 Å². The molecule has 2 heterocycles. The first kappa shape index (κ1) is 17.8. The van der Waals surface area contributed by atoms with E-state index in [0.717, 1.165) is 11.3 Å². The zero-order chi connectivity index (χ0) is 19.9. The van der Waals surface area contributed by atoms with Crippen LogP contribution in [-0.4, -0.2) is 23.6 Å². The number of rotatable bonds is 3. The molecule has 0 spiro atoms. The maximum absolute atomic E-state index is 12.5. The quantitative estimate of drug-likeness (QED) is 0.502. The molecule has 2 aliphatic rings. The van der Waals surface area contributed by atoms with Crippen LogP contribution in [0.15, 0.2) is 60.3 Å². The Hall–Kier alpha value is -3.61. The predicted octanol–water partition coefficient (Wildman–Crippen LogP) is 2.98. The number of hydrogen-bond acceptors (Lipinski definition) is 6. The summed E-state index contributed by atoms with van der Waals surface area (Å²) in [6.07, 6.45) is 1.26. The molecular formula is C21H18N2O5. The number of carbonyl (C=O) groups excluding carboxylic acids is 3. The Kier molecular flexibility index (Phi) is 4.15. The number of amides is 1. The molecule has 1 fully saturated rings. The van der Waals surface area contributed by atoms with Crippen LogP contribution in [0.25, 0.3) is 0 Å². The molecule has 0 saturated carbocycles. The molecule has 1 N–H and O–H groups in total. The molecule has 7 nitrogen and oxygen atoms in total. The predicted molar refractivity (Wildman–Crippen MR) is 101 cm³/mol. The Morgan fingerprint density at radius 2 is 1.61 bits per heavy atom. The molecule has 0 radical (unpaired) electrons. The van der Waals surface area contributed by atoms with E-state index in [1.165, 1.54) is 20.0 Å². The molecule has 2 aromatic carbocycles. The van der Waals surface area contributed by atoms with E-state index in [-0.39, 0.29) is 11.5 Å². The number of carbonyl (C=O) groups is 3. The smallest absolute Gasteiger partial charge is 0.350 e. The standard InChI is InChI=1S/C21H18N2O5/c1-21(2)27-19(25)17(20(26)28-21)11-22-14-7-9-15(10-8-14)23-12-13-5-3-4-6-16(13)18(23)24/h3-11,22H,12H2,1-2H3. The van der Waals surface area contributed by atoms with Gasteiger partial charge in [-0.1, -0.05) is 18.2 Å². The van der Waals surface area contributed by atoms with Crippen molar-refractivity contribution in [1.82, 2.24) is 0 Å². The highest BCUT2D eigenvalue weighted by Crippen LogP contribution is 2.29. The third kappa shape index (κ3) is 3.22. The van der Waals surface area contributed by atoms with Gasteiger partial charge in [-0.15, -0.1) is 0 Å². The van der Waals surface area contributed by atoms with Crippen molar-refractivity contribution in [3.05, 3.63) is 71.4 Å². The van der Waals surface area contributed by atoms with Gasteiger partial charge in [-0.25, -0.2) is 9.59 Å². The molecule has 7 heteroatoms. The highest BCUT2D eigenvalue weighted by Gasteiger charge is 2.39. The molecule has 0 bridgehead atoms. The second-order valence-corrected chi connectivity index (χ2v) is 6.98. The minimum absolute atomic E-state index is 0.0336. The van der Waals surface area contributed by atoms with Gasteiger partial charge in [0.25, 0.3) is 11.7 Å². The van der Waals surface area contributed by atoms with Gasteiger partial charge in [0.2, 0.25) is 0 Å². The number of ether oxygens (including phenoxy) is 2. The largest absolute Gasteiger partial charge is 0.419 e. The normalized spacial score (nSPS) is 17.7. The second kappa shape index (κ2) is 6.53. The van der Waals surface area contributed by atoms with Crippen molar-refractivity contribution >= 4 is 29.2 Å². The van der Waals surface area contributed by atoms with Gasteiger partial charge in [0, 0.05) is 37.0 Å². The lowest BCUT2D eigenvalue weighted by molar-refractivity contribution is -0.222. The molecule has 0 aromatic heterocycles. The zero-order valence-corrected chi connectivity index (χ0v) is 15.4. The Morgan fingerprint density at radius 3 is 2.25 bits per heavy atom. The van der Waals surface area contributed by atoms with Crippen molar-refractivity contribution < 1.29 is 23.9 Å². The SMILES string of the molecule is CC1(C)OC(=O)C(=CNc2ccc(N3Cc4ccccc4C3=O)cc2)C(=O)O1. The summed E-state index contributed by atoms with van der Waals surface area (Å²) in [4.78, 5) is 38.1. The maximum Gasteiger partial charge on any atom is 0.350 e.